The normalized spacial score (nSPS) is 37.7. The quantitative estimate of drug-likeness (QED) is 0.798. The van der Waals surface area contributed by atoms with Crippen LogP contribution in [0.1, 0.15) is 25.7 Å². The van der Waals surface area contributed by atoms with Gasteiger partial charge in [-0.1, -0.05) is 12.2 Å². The van der Waals surface area contributed by atoms with Crippen LogP contribution in [0.15, 0.2) is 12.2 Å². The Bertz CT molecular complexity index is 455. The molecule has 1 heterocycles. The summed E-state index contributed by atoms with van der Waals surface area (Å²) in [4.78, 5) is 25.9. The van der Waals surface area contributed by atoms with Gasteiger partial charge in [-0.3, -0.25) is 9.59 Å². The molecule has 1 aliphatic heterocycles. The lowest BCUT2D eigenvalue weighted by Crippen LogP contribution is -2.44. The molecular weight excluding hydrogens is 270 g/mol. The van der Waals surface area contributed by atoms with E-state index in [-0.39, 0.29) is 23.8 Å². The van der Waals surface area contributed by atoms with Crippen molar-refractivity contribution in [2.24, 2.45) is 23.7 Å². The number of allylic oxidation sites excluding steroid dienone is 2. The third-order valence-electron chi connectivity index (χ3n) is 5.16. The molecule has 3 aliphatic rings. The number of aliphatic carboxylic acids is 1. The average Bonchev–Trinajstić information content (AvgIpc) is 3.08. The van der Waals surface area contributed by atoms with E-state index >= 15 is 0 Å². The molecule has 21 heavy (non-hydrogen) atoms. The Kier molecular flexibility index (Phi) is 4.02. The van der Waals surface area contributed by atoms with E-state index in [1.807, 2.05) is 12.2 Å². The minimum Gasteiger partial charge on any atom is -0.481 e. The molecule has 2 aliphatic carbocycles. The number of hydrogen-bond acceptors (Lipinski definition) is 3. The Morgan fingerprint density at radius 1 is 1.24 bits per heavy atom. The first-order valence-corrected chi connectivity index (χ1v) is 7.85. The molecule has 5 heteroatoms. The lowest BCUT2D eigenvalue weighted by atomic mass is 9.82. The van der Waals surface area contributed by atoms with E-state index in [0.29, 0.717) is 6.54 Å². The third kappa shape index (κ3) is 2.71. The lowest BCUT2D eigenvalue weighted by Gasteiger charge is -2.32. The molecular formula is C16H23NO4. The molecule has 1 saturated heterocycles. The second kappa shape index (κ2) is 5.79. The first kappa shape index (κ1) is 14.6. The van der Waals surface area contributed by atoms with Crippen LogP contribution >= 0.6 is 0 Å². The molecule has 2 bridgehead atoms. The van der Waals surface area contributed by atoms with E-state index < -0.39 is 17.8 Å². The van der Waals surface area contributed by atoms with Gasteiger partial charge in [0.1, 0.15) is 0 Å². The minimum absolute atomic E-state index is 0.0285. The van der Waals surface area contributed by atoms with Gasteiger partial charge in [-0.05, 0) is 37.5 Å². The van der Waals surface area contributed by atoms with Crippen molar-refractivity contribution in [3.63, 3.8) is 0 Å². The number of nitrogens with zero attached hydrogens (tertiary/aromatic N) is 1. The third-order valence-corrected chi connectivity index (χ3v) is 5.16. The molecule has 0 aromatic heterocycles. The summed E-state index contributed by atoms with van der Waals surface area (Å²) in [5.41, 5.74) is 0. The Balaban J connectivity index is 1.66. The number of carbonyl (C=O) groups is 2. The summed E-state index contributed by atoms with van der Waals surface area (Å²) >= 11 is 0. The molecule has 3 rings (SSSR count). The minimum atomic E-state index is -0.840. The van der Waals surface area contributed by atoms with Gasteiger partial charge in [0.2, 0.25) is 5.91 Å². The summed E-state index contributed by atoms with van der Waals surface area (Å²) in [5, 5.41) is 9.43. The number of rotatable bonds is 4. The van der Waals surface area contributed by atoms with Crippen LogP contribution in [-0.2, 0) is 14.3 Å². The maximum Gasteiger partial charge on any atom is 0.307 e. The van der Waals surface area contributed by atoms with E-state index in [1.54, 1.807) is 11.9 Å². The number of ether oxygens (including phenoxy) is 1. The molecule has 0 aromatic carbocycles. The summed E-state index contributed by atoms with van der Waals surface area (Å²) in [5.74, 6) is -1.70. The largest absolute Gasteiger partial charge is 0.481 e. The Labute approximate surface area is 124 Å². The number of hydrogen-bond donors (Lipinski definition) is 1. The van der Waals surface area contributed by atoms with Crippen LogP contribution < -0.4 is 0 Å². The van der Waals surface area contributed by atoms with Gasteiger partial charge in [-0.2, -0.15) is 0 Å². The van der Waals surface area contributed by atoms with E-state index in [9.17, 15) is 14.7 Å². The van der Waals surface area contributed by atoms with Gasteiger partial charge in [0.05, 0.1) is 17.9 Å². The molecule has 1 saturated carbocycles. The van der Waals surface area contributed by atoms with Crippen LogP contribution in [0.5, 0.6) is 0 Å². The summed E-state index contributed by atoms with van der Waals surface area (Å²) in [6.45, 7) is 1.34. The van der Waals surface area contributed by atoms with E-state index in [4.69, 9.17) is 4.74 Å². The number of carboxylic acid groups (broad SMARTS) is 1. The Morgan fingerprint density at radius 2 is 1.95 bits per heavy atom. The topological polar surface area (TPSA) is 66.8 Å². The van der Waals surface area contributed by atoms with Gasteiger partial charge in [0.15, 0.2) is 0 Å². The van der Waals surface area contributed by atoms with Gasteiger partial charge in [0, 0.05) is 20.2 Å². The Hall–Kier alpha value is -1.36. The number of carbonyl (C=O) groups excluding carboxylic acids is 1. The summed E-state index contributed by atoms with van der Waals surface area (Å²) in [7, 11) is 1.77. The van der Waals surface area contributed by atoms with Gasteiger partial charge < -0.3 is 14.7 Å². The molecule has 0 aromatic rings. The second-order valence-corrected chi connectivity index (χ2v) is 6.55. The number of carboxylic acids is 1. The predicted octanol–water partition coefficient (Wildman–Crippen LogP) is 1.54. The summed E-state index contributed by atoms with van der Waals surface area (Å²) < 4.78 is 5.67. The van der Waals surface area contributed by atoms with Crippen LogP contribution in [0.25, 0.3) is 0 Å². The van der Waals surface area contributed by atoms with Crippen LogP contribution in [0, 0.1) is 23.7 Å². The first-order valence-electron chi connectivity index (χ1n) is 7.85. The first-order chi connectivity index (χ1) is 10.1. The summed E-state index contributed by atoms with van der Waals surface area (Å²) in [6.07, 6.45) is 8.12. The van der Waals surface area contributed by atoms with Gasteiger partial charge in [0.25, 0.3) is 0 Å². The highest BCUT2D eigenvalue weighted by Gasteiger charge is 2.52. The van der Waals surface area contributed by atoms with Crippen molar-refractivity contribution in [2.75, 3.05) is 20.2 Å². The fourth-order valence-corrected chi connectivity index (χ4v) is 4.10. The van der Waals surface area contributed by atoms with E-state index in [1.165, 1.54) is 0 Å². The number of likely N-dealkylation sites (N-methyl/N-ethyl adjacent to an activating group) is 1. The maximum absolute atomic E-state index is 12.7. The van der Waals surface area contributed by atoms with Crippen LogP contribution in [0.3, 0.4) is 0 Å². The number of amides is 1. The summed E-state index contributed by atoms with van der Waals surface area (Å²) in [6, 6.07) is 0. The zero-order valence-electron chi connectivity index (χ0n) is 12.4. The molecule has 1 amide bonds. The highest BCUT2D eigenvalue weighted by Crippen LogP contribution is 2.48. The van der Waals surface area contributed by atoms with Crippen molar-refractivity contribution in [1.29, 1.82) is 0 Å². The molecule has 2 fully saturated rings. The van der Waals surface area contributed by atoms with Gasteiger partial charge >= 0.3 is 5.97 Å². The molecule has 0 radical (unpaired) electrons. The molecule has 5 unspecified atom stereocenters. The van der Waals surface area contributed by atoms with Crippen LogP contribution in [0.2, 0.25) is 0 Å². The van der Waals surface area contributed by atoms with Crippen molar-refractivity contribution in [3.05, 3.63) is 12.2 Å². The van der Waals surface area contributed by atoms with Crippen molar-refractivity contribution >= 4 is 11.9 Å². The highest BCUT2D eigenvalue weighted by atomic mass is 16.5. The van der Waals surface area contributed by atoms with E-state index in [0.717, 1.165) is 32.3 Å². The zero-order valence-corrected chi connectivity index (χ0v) is 12.4. The number of fused-ring (bicyclic) bond motifs is 2. The Morgan fingerprint density at radius 3 is 2.57 bits per heavy atom. The molecule has 5 atom stereocenters. The fourth-order valence-electron chi connectivity index (χ4n) is 4.10. The van der Waals surface area contributed by atoms with E-state index in [2.05, 4.69) is 0 Å². The zero-order chi connectivity index (χ0) is 15.0. The fraction of sp³-hybridized carbons (Fsp3) is 0.750. The highest BCUT2D eigenvalue weighted by molar-refractivity contribution is 5.86. The van der Waals surface area contributed by atoms with Crippen LogP contribution in [0.4, 0.5) is 0 Å². The molecule has 1 N–H and O–H groups in total. The molecule has 0 spiro atoms. The molecule has 116 valence electrons. The predicted molar refractivity (Wildman–Crippen MR) is 76.6 cm³/mol. The van der Waals surface area contributed by atoms with Crippen molar-refractivity contribution in [3.8, 4) is 0 Å². The van der Waals surface area contributed by atoms with Crippen molar-refractivity contribution < 1.29 is 19.4 Å². The SMILES string of the molecule is CN(CC1CCCCO1)C(=O)C1C2C=CC(C2)C1C(=O)O. The van der Waals surface area contributed by atoms with Crippen LogP contribution in [-0.4, -0.2) is 48.2 Å². The smallest absolute Gasteiger partial charge is 0.307 e. The van der Waals surface area contributed by atoms with Gasteiger partial charge in [-0.15, -0.1) is 0 Å². The average molecular weight is 293 g/mol. The standard InChI is InChI=1S/C16H23NO4/c1-17(9-12-4-2-3-7-21-12)15(18)13-10-5-6-11(8-10)14(13)16(19)20/h5-6,10-14H,2-4,7-9H2,1H3,(H,19,20). The van der Waals surface area contributed by atoms with Crippen molar-refractivity contribution in [1.82, 2.24) is 4.90 Å². The molecule has 5 nitrogen and oxygen atoms in total. The van der Waals surface area contributed by atoms with Gasteiger partial charge in [-0.25, -0.2) is 0 Å². The monoisotopic (exact) mass is 293 g/mol. The lowest BCUT2D eigenvalue weighted by molar-refractivity contribution is -0.151. The maximum atomic E-state index is 12.7. The second-order valence-electron chi connectivity index (χ2n) is 6.55. The van der Waals surface area contributed by atoms with Crippen molar-refractivity contribution in [2.45, 2.75) is 31.8 Å².